The van der Waals surface area contributed by atoms with Crippen LogP contribution in [-0.4, -0.2) is 40.4 Å². The smallest absolute Gasteiger partial charge is 0.343 e. The van der Waals surface area contributed by atoms with E-state index in [4.69, 9.17) is 14.6 Å². The van der Waals surface area contributed by atoms with E-state index in [0.29, 0.717) is 18.1 Å². The molecular formula is C19H18N2O7S. The maximum absolute atomic E-state index is 12.4. The first-order chi connectivity index (χ1) is 13.9. The van der Waals surface area contributed by atoms with Crippen LogP contribution in [0.5, 0.6) is 11.5 Å². The number of nitrogens with one attached hydrogen (secondary N) is 1. The first-order valence-electron chi connectivity index (χ1n) is 8.73. The van der Waals surface area contributed by atoms with Gasteiger partial charge in [-0.2, -0.15) is 0 Å². The molecule has 2 aromatic rings. The summed E-state index contributed by atoms with van der Waals surface area (Å²) in [6.45, 7) is 2.13. The Morgan fingerprint density at radius 1 is 1.24 bits per heavy atom. The molecule has 3 rings (SSSR count). The molecule has 10 heteroatoms. The lowest BCUT2D eigenvalue weighted by atomic mass is 10.1. The van der Waals surface area contributed by atoms with Gasteiger partial charge < -0.3 is 14.6 Å². The van der Waals surface area contributed by atoms with Crippen molar-refractivity contribution in [3.05, 3.63) is 63.7 Å². The van der Waals surface area contributed by atoms with Crippen molar-refractivity contribution in [2.75, 3.05) is 12.4 Å². The Balaban J connectivity index is 1.77. The van der Waals surface area contributed by atoms with Crippen LogP contribution >= 0.6 is 11.8 Å². The summed E-state index contributed by atoms with van der Waals surface area (Å²) in [5.74, 6) is -0.578. The molecule has 2 unspecified atom stereocenters. The highest BCUT2D eigenvalue weighted by atomic mass is 32.2. The van der Waals surface area contributed by atoms with Gasteiger partial charge in [-0.1, -0.05) is 6.07 Å². The molecule has 29 heavy (non-hydrogen) atoms. The van der Waals surface area contributed by atoms with E-state index in [1.54, 1.807) is 25.1 Å². The summed E-state index contributed by atoms with van der Waals surface area (Å²) in [5, 5.41) is 22.7. The molecule has 2 atom stereocenters. The highest BCUT2D eigenvalue weighted by Crippen LogP contribution is 2.38. The lowest BCUT2D eigenvalue weighted by Gasteiger charge is -2.16. The number of carbonyl (C=O) groups excluding carboxylic acids is 1. The van der Waals surface area contributed by atoms with Crippen LogP contribution in [0, 0.1) is 10.1 Å². The number of aliphatic carboxylic acids is 1. The fourth-order valence-electron chi connectivity index (χ4n) is 2.72. The number of esters is 1. The Hall–Kier alpha value is -3.11. The van der Waals surface area contributed by atoms with Gasteiger partial charge in [0, 0.05) is 17.9 Å². The molecule has 2 N–H and O–H groups in total. The monoisotopic (exact) mass is 418 g/mol. The lowest BCUT2D eigenvalue weighted by Crippen LogP contribution is -2.33. The standard InChI is InChI=1S/C19H18N2O7S/c1-2-27-16-9-12(17-20-14(10-29-17)18(22)23)5-8-15(16)28-19(24)11-3-6-13(7-4-11)21(25)26/h3-9,14,17,20H,2,10H2,1H3,(H,22,23). The predicted molar refractivity (Wildman–Crippen MR) is 105 cm³/mol. The van der Waals surface area contributed by atoms with Gasteiger partial charge in [0.15, 0.2) is 11.5 Å². The highest BCUT2D eigenvalue weighted by molar-refractivity contribution is 7.99. The van der Waals surface area contributed by atoms with Crippen molar-refractivity contribution in [3.8, 4) is 11.5 Å². The minimum Gasteiger partial charge on any atom is -0.490 e. The molecule has 0 amide bonds. The van der Waals surface area contributed by atoms with Gasteiger partial charge in [0.25, 0.3) is 5.69 Å². The lowest BCUT2D eigenvalue weighted by molar-refractivity contribution is -0.384. The van der Waals surface area contributed by atoms with Crippen molar-refractivity contribution in [1.29, 1.82) is 0 Å². The molecule has 0 aromatic heterocycles. The number of hydrogen-bond acceptors (Lipinski definition) is 8. The zero-order chi connectivity index (χ0) is 21.0. The van der Waals surface area contributed by atoms with Gasteiger partial charge >= 0.3 is 11.9 Å². The molecule has 0 spiro atoms. The summed E-state index contributed by atoms with van der Waals surface area (Å²) >= 11 is 1.47. The van der Waals surface area contributed by atoms with Crippen molar-refractivity contribution in [2.45, 2.75) is 18.3 Å². The average Bonchev–Trinajstić information content (AvgIpc) is 3.20. The minimum atomic E-state index is -0.904. The van der Waals surface area contributed by atoms with E-state index in [1.807, 2.05) is 0 Å². The van der Waals surface area contributed by atoms with E-state index < -0.39 is 22.9 Å². The molecule has 0 bridgehead atoms. The van der Waals surface area contributed by atoms with E-state index >= 15 is 0 Å². The predicted octanol–water partition coefficient (Wildman–Crippen LogP) is 3.00. The second-order valence-electron chi connectivity index (χ2n) is 6.10. The first-order valence-corrected chi connectivity index (χ1v) is 9.77. The number of benzene rings is 2. The third-order valence-electron chi connectivity index (χ3n) is 4.17. The largest absolute Gasteiger partial charge is 0.490 e. The van der Waals surface area contributed by atoms with Crippen molar-refractivity contribution in [2.24, 2.45) is 0 Å². The second kappa shape index (κ2) is 8.93. The molecule has 152 valence electrons. The summed E-state index contributed by atoms with van der Waals surface area (Å²) < 4.78 is 11.0. The van der Waals surface area contributed by atoms with Crippen molar-refractivity contribution < 1.29 is 29.1 Å². The third kappa shape index (κ3) is 4.84. The van der Waals surface area contributed by atoms with Gasteiger partial charge in [-0.3, -0.25) is 20.2 Å². The Kier molecular flexibility index (Phi) is 6.35. The quantitative estimate of drug-likeness (QED) is 0.302. The number of nitro groups is 1. The van der Waals surface area contributed by atoms with Crippen LogP contribution in [-0.2, 0) is 4.79 Å². The molecule has 9 nitrogen and oxygen atoms in total. The zero-order valence-corrected chi connectivity index (χ0v) is 16.2. The second-order valence-corrected chi connectivity index (χ2v) is 7.24. The summed E-state index contributed by atoms with van der Waals surface area (Å²) in [6, 6.07) is 9.49. The van der Waals surface area contributed by atoms with Crippen LogP contribution < -0.4 is 14.8 Å². The fraction of sp³-hybridized carbons (Fsp3) is 0.263. The maximum atomic E-state index is 12.4. The number of non-ortho nitro benzene ring substituents is 1. The van der Waals surface area contributed by atoms with Crippen molar-refractivity contribution >= 4 is 29.4 Å². The molecule has 1 heterocycles. The molecule has 1 saturated heterocycles. The van der Waals surface area contributed by atoms with Crippen LogP contribution in [0.1, 0.15) is 28.2 Å². The Morgan fingerprint density at radius 3 is 2.55 bits per heavy atom. The SMILES string of the molecule is CCOc1cc(C2NC(C(=O)O)CS2)ccc1OC(=O)c1ccc([N+](=O)[O-])cc1. The van der Waals surface area contributed by atoms with Crippen molar-refractivity contribution in [1.82, 2.24) is 5.32 Å². The van der Waals surface area contributed by atoms with E-state index in [0.717, 1.165) is 5.56 Å². The van der Waals surface area contributed by atoms with E-state index in [9.17, 15) is 19.7 Å². The number of hydrogen-bond donors (Lipinski definition) is 2. The normalized spacial score (nSPS) is 18.2. The molecule has 0 radical (unpaired) electrons. The molecule has 1 fully saturated rings. The van der Waals surface area contributed by atoms with E-state index in [2.05, 4.69) is 5.32 Å². The Morgan fingerprint density at radius 2 is 1.97 bits per heavy atom. The number of rotatable bonds is 7. The summed E-state index contributed by atoms with van der Waals surface area (Å²) in [5.41, 5.74) is 0.846. The zero-order valence-electron chi connectivity index (χ0n) is 15.4. The van der Waals surface area contributed by atoms with Crippen LogP contribution in [0.15, 0.2) is 42.5 Å². The Bertz CT molecular complexity index is 933. The van der Waals surface area contributed by atoms with Crippen LogP contribution in [0.3, 0.4) is 0 Å². The van der Waals surface area contributed by atoms with E-state index in [1.165, 1.54) is 36.0 Å². The van der Waals surface area contributed by atoms with Gasteiger partial charge in [0.1, 0.15) is 6.04 Å². The number of ether oxygens (including phenoxy) is 2. The topological polar surface area (TPSA) is 128 Å². The number of carboxylic acid groups (broad SMARTS) is 1. The number of carbonyl (C=O) groups is 2. The van der Waals surface area contributed by atoms with Gasteiger partial charge in [-0.05, 0) is 36.8 Å². The molecule has 1 aliphatic heterocycles. The minimum absolute atomic E-state index is 0.123. The summed E-state index contributed by atoms with van der Waals surface area (Å²) in [6.07, 6.45) is 0. The summed E-state index contributed by atoms with van der Waals surface area (Å²) in [7, 11) is 0. The van der Waals surface area contributed by atoms with Gasteiger partial charge in [-0.25, -0.2) is 4.79 Å². The first kappa shape index (κ1) is 20.6. The van der Waals surface area contributed by atoms with E-state index in [-0.39, 0.29) is 22.4 Å². The molecule has 0 aliphatic carbocycles. The number of carboxylic acids is 1. The fourth-order valence-corrected chi connectivity index (χ4v) is 3.95. The van der Waals surface area contributed by atoms with Gasteiger partial charge in [0.05, 0.1) is 22.5 Å². The maximum Gasteiger partial charge on any atom is 0.343 e. The average molecular weight is 418 g/mol. The number of nitrogens with zero attached hydrogens (tertiary/aromatic N) is 1. The molecule has 0 saturated carbocycles. The van der Waals surface area contributed by atoms with Gasteiger partial charge in [-0.15, -0.1) is 11.8 Å². The van der Waals surface area contributed by atoms with Gasteiger partial charge in [0.2, 0.25) is 0 Å². The third-order valence-corrected chi connectivity index (χ3v) is 5.43. The van der Waals surface area contributed by atoms with Crippen LogP contribution in [0.2, 0.25) is 0 Å². The number of nitro benzene ring substituents is 1. The van der Waals surface area contributed by atoms with Crippen molar-refractivity contribution in [3.63, 3.8) is 0 Å². The molecule has 1 aliphatic rings. The van der Waals surface area contributed by atoms with Crippen LogP contribution in [0.25, 0.3) is 0 Å². The summed E-state index contributed by atoms with van der Waals surface area (Å²) in [4.78, 5) is 33.7. The number of thioether (sulfide) groups is 1. The van der Waals surface area contributed by atoms with Crippen LogP contribution in [0.4, 0.5) is 5.69 Å². The molecule has 2 aromatic carbocycles. The Labute approximate surface area is 170 Å². The molecular weight excluding hydrogens is 400 g/mol. The highest BCUT2D eigenvalue weighted by Gasteiger charge is 2.31.